The molecule has 2 rings (SSSR count). The van der Waals surface area contributed by atoms with E-state index in [0.29, 0.717) is 0 Å². The topological polar surface area (TPSA) is 65.2 Å². The van der Waals surface area contributed by atoms with Gasteiger partial charge in [-0.2, -0.15) is 0 Å². The maximum atomic E-state index is 11.6. The number of hydrogen-bond acceptors (Lipinski definition) is 3. The first-order valence-corrected chi connectivity index (χ1v) is 8.17. The summed E-state index contributed by atoms with van der Waals surface area (Å²) in [6.45, 7) is 2.12. The third-order valence-electron chi connectivity index (χ3n) is 3.60. The molecule has 0 aliphatic carbocycles. The molecule has 1 heterocycles. The van der Waals surface area contributed by atoms with Gasteiger partial charge in [0.05, 0.1) is 5.75 Å². The SMILES string of the molecule is CNS(=O)(=O)Cc1ccc2[nH]c(C(C)N(C)C)cc2c1. The summed E-state index contributed by atoms with van der Waals surface area (Å²) in [5, 5.41) is 1.04. The number of fused-ring (bicyclic) bond motifs is 1. The summed E-state index contributed by atoms with van der Waals surface area (Å²) in [4.78, 5) is 5.50. The summed E-state index contributed by atoms with van der Waals surface area (Å²) in [7, 11) is 2.26. The van der Waals surface area contributed by atoms with Gasteiger partial charge in [-0.3, -0.25) is 0 Å². The van der Waals surface area contributed by atoms with Gasteiger partial charge in [-0.15, -0.1) is 0 Å². The van der Waals surface area contributed by atoms with Gasteiger partial charge in [0.1, 0.15) is 0 Å². The van der Waals surface area contributed by atoms with Crippen LogP contribution in [0.15, 0.2) is 24.3 Å². The minimum absolute atomic E-state index is 0.00316. The Bertz CT molecular complexity index is 704. The van der Waals surface area contributed by atoms with Crippen LogP contribution in [0.2, 0.25) is 0 Å². The van der Waals surface area contributed by atoms with Crippen molar-refractivity contribution in [2.24, 2.45) is 0 Å². The molecule has 1 aromatic carbocycles. The van der Waals surface area contributed by atoms with E-state index in [1.807, 2.05) is 32.3 Å². The molecule has 0 spiro atoms. The largest absolute Gasteiger partial charge is 0.357 e. The standard InChI is InChI=1S/C14H21N3O2S/c1-10(17(3)4)14-8-12-7-11(5-6-13(12)16-14)9-20(18,19)15-2/h5-8,10,15-16H,9H2,1-4H3. The van der Waals surface area contributed by atoms with Gasteiger partial charge in [-0.1, -0.05) is 6.07 Å². The van der Waals surface area contributed by atoms with Crippen LogP contribution in [0, 0.1) is 0 Å². The molecular formula is C14H21N3O2S. The van der Waals surface area contributed by atoms with E-state index in [1.165, 1.54) is 7.05 Å². The molecule has 0 fully saturated rings. The van der Waals surface area contributed by atoms with E-state index in [2.05, 4.69) is 27.6 Å². The summed E-state index contributed by atoms with van der Waals surface area (Å²) >= 11 is 0. The number of sulfonamides is 1. The van der Waals surface area contributed by atoms with Crippen LogP contribution in [-0.4, -0.2) is 39.4 Å². The third-order valence-corrected chi connectivity index (χ3v) is 4.93. The highest BCUT2D eigenvalue weighted by molar-refractivity contribution is 7.88. The monoisotopic (exact) mass is 295 g/mol. The fraction of sp³-hybridized carbons (Fsp3) is 0.429. The first-order chi connectivity index (χ1) is 9.32. The van der Waals surface area contributed by atoms with Crippen LogP contribution in [0.1, 0.15) is 24.2 Å². The Balaban J connectivity index is 2.35. The number of aromatic amines is 1. The number of nitrogens with one attached hydrogen (secondary N) is 2. The molecule has 1 atom stereocenters. The van der Waals surface area contributed by atoms with Crippen molar-refractivity contribution in [1.29, 1.82) is 0 Å². The Hall–Kier alpha value is -1.37. The molecule has 0 aliphatic heterocycles. The van der Waals surface area contributed by atoms with Gasteiger partial charge >= 0.3 is 0 Å². The molecular weight excluding hydrogens is 274 g/mol. The van der Waals surface area contributed by atoms with Gasteiger partial charge in [0, 0.05) is 22.6 Å². The summed E-state index contributed by atoms with van der Waals surface area (Å²) in [6.07, 6.45) is 0. The Labute approximate surface area is 120 Å². The second-order valence-corrected chi connectivity index (χ2v) is 7.18. The summed E-state index contributed by atoms with van der Waals surface area (Å²) in [5.41, 5.74) is 2.94. The Morgan fingerprint density at radius 1 is 1.30 bits per heavy atom. The maximum Gasteiger partial charge on any atom is 0.215 e. The fourth-order valence-electron chi connectivity index (χ4n) is 2.09. The summed E-state index contributed by atoms with van der Waals surface area (Å²) in [5.74, 6) is 0.00316. The van der Waals surface area contributed by atoms with Crippen molar-refractivity contribution in [3.63, 3.8) is 0 Å². The average Bonchev–Trinajstić information content (AvgIpc) is 2.80. The molecule has 5 nitrogen and oxygen atoms in total. The maximum absolute atomic E-state index is 11.6. The first-order valence-electron chi connectivity index (χ1n) is 6.51. The van der Waals surface area contributed by atoms with Crippen LogP contribution in [0.3, 0.4) is 0 Å². The molecule has 0 bridgehead atoms. The lowest BCUT2D eigenvalue weighted by atomic mass is 10.1. The lowest BCUT2D eigenvalue weighted by Crippen LogP contribution is -2.20. The van der Waals surface area contributed by atoms with Crippen molar-refractivity contribution in [3.8, 4) is 0 Å². The first kappa shape index (κ1) is 15.0. The van der Waals surface area contributed by atoms with Crippen molar-refractivity contribution in [3.05, 3.63) is 35.5 Å². The number of H-pyrrole nitrogens is 1. The van der Waals surface area contributed by atoms with Gasteiger partial charge in [0.2, 0.25) is 10.0 Å². The molecule has 1 unspecified atom stereocenters. The third kappa shape index (κ3) is 3.20. The van der Waals surface area contributed by atoms with Crippen molar-refractivity contribution in [2.75, 3.05) is 21.1 Å². The predicted molar refractivity (Wildman–Crippen MR) is 82.1 cm³/mol. The van der Waals surface area contributed by atoms with E-state index in [4.69, 9.17) is 0 Å². The molecule has 0 radical (unpaired) electrons. The normalized spacial score (nSPS) is 14.1. The summed E-state index contributed by atoms with van der Waals surface area (Å²) < 4.78 is 25.5. The van der Waals surface area contributed by atoms with E-state index in [0.717, 1.165) is 22.2 Å². The Kier molecular flexibility index (Phi) is 4.17. The minimum Gasteiger partial charge on any atom is -0.357 e. The highest BCUT2D eigenvalue weighted by atomic mass is 32.2. The summed E-state index contributed by atoms with van der Waals surface area (Å²) in [6, 6.07) is 8.06. The number of aromatic nitrogens is 1. The van der Waals surface area contributed by atoms with Crippen LogP contribution in [0.25, 0.3) is 10.9 Å². The van der Waals surface area contributed by atoms with Crippen molar-refractivity contribution < 1.29 is 8.42 Å². The highest BCUT2D eigenvalue weighted by Crippen LogP contribution is 2.24. The van der Waals surface area contributed by atoms with Gasteiger partial charge in [0.25, 0.3) is 0 Å². The molecule has 0 aliphatic rings. The molecule has 2 N–H and O–H groups in total. The van der Waals surface area contributed by atoms with Crippen LogP contribution in [0.4, 0.5) is 0 Å². The number of nitrogens with zero attached hydrogens (tertiary/aromatic N) is 1. The van der Waals surface area contributed by atoms with Crippen LogP contribution >= 0.6 is 0 Å². The molecule has 0 amide bonds. The molecule has 0 saturated carbocycles. The average molecular weight is 295 g/mol. The number of benzene rings is 1. The predicted octanol–water partition coefficient (Wildman–Crippen LogP) is 1.84. The smallest absolute Gasteiger partial charge is 0.215 e. The molecule has 20 heavy (non-hydrogen) atoms. The van der Waals surface area contributed by atoms with Gasteiger partial charge < -0.3 is 9.88 Å². The Morgan fingerprint density at radius 2 is 2.00 bits per heavy atom. The minimum atomic E-state index is -3.23. The lowest BCUT2D eigenvalue weighted by molar-refractivity contribution is 0.316. The van der Waals surface area contributed by atoms with Crippen LogP contribution in [-0.2, 0) is 15.8 Å². The van der Waals surface area contributed by atoms with Crippen molar-refractivity contribution >= 4 is 20.9 Å². The highest BCUT2D eigenvalue weighted by Gasteiger charge is 2.13. The second kappa shape index (κ2) is 5.55. The molecule has 110 valence electrons. The number of rotatable bonds is 5. The zero-order valence-corrected chi connectivity index (χ0v) is 13.1. The molecule has 1 aromatic heterocycles. The van der Waals surface area contributed by atoms with E-state index in [1.54, 1.807) is 0 Å². The van der Waals surface area contributed by atoms with Crippen LogP contribution in [0.5, 0.6) is 0 Å². The molecule has 0 saturated heterocycles. The zero-order valence-electron chi connectivity index (χ0n) is 12.3. The van der Waals surface area contributed by atoms with E-state index in [9.17, 15) is 8.42 Å². The van der Waals surface area contributed by atoms with E-state index >= 15 is 0 Å². The van der Waals surface area contributed by atoms with Crippen molar-refractivity contribution in [2.45, 2.75) is 18.7 Å². The fourth-order valence-corrected chi connectivity index (χ4v) is 2.85. The second-order valence-electron chi connectivity index (χ2n) is 5.25. The molecule has 2 aromatic rings. The molecule has 6 heteroatoms. The van der Waals surface area contributed by atoms with Gasteiger partial charge in [-0.25, -0.2) is 13.1 Å². The quantitative estimate of drug-likeness (QED) is 0.884. The van der Waals surface area contributed by atoms with Crippen LogP contribution < -0.4 is 4.72 Å². The van der Waals surface area contributed by atoms with Crippen molar-refractivity contribution in [1.82, 2.24) is 14.6 Å². The number of hydrogen-bond donors (Lipinski definition) is 2. The zero-order chi connectivity index (χ0) is 14.9. The van der Waals surface area contributed by atoms with E-state index in [-0.39, 0.29) is 11.8 Å². The Morgan fingerprint density at radius 3 is 2.60 bits per heavy atom. The van der Waals surface area contributed by atoms with Gasteiger partial charge in [0.15, 0.2) is 0 Å². The van der Waals surface area contributed by atoms with E-state index < -0.39 is 10.0 Å². The lowest BCUT2D eigenvalue weighted by Gasteiger charge is -2.17. The van der Waals surface area contributed by atoms with Gasteiger partial charge in [-0.05, 0) is 51.8 Å².